The topological polar surface area (TPSA) is 96.9 Å². The predicted molar refractivity (Wildman–Crippen MR) is 128 cm³/mol. The lowest BCUT2D eigenvalue weighted by Gasteiger charge is -2.33. The van der Waals surface area contributed by atoms with Gasteiger partial charge < -0.3 is 4.74 Å². The summed E-state index contributed by atoms with van der Waals surface area (Å²) in [6.45, 7) is 2.21. The number of pyridine rings is 1. The van der Waals surface area contributed by atoms with Gasteiger partial charge in [-0.25, -0.2) is 8.42 Å². The second kappa shape index (κ2) is 8.44. The van der Waals surface area contributed by atoms with E-state index in [9.17, 15) is 18.0 Å². The predicted octanol–water partition coefficient (Wildman–Crippen LogP) is 3.58. The van der Waals surface area contributed by atoms with Gasteiger partial charge in [-0.2, -0.15) is 0 Å². The van der Waals surface area contributed by atoms with Crippen LogP contribution >= 0.6 is 11.8 Å². The van der Waals surface area contributed by atoms with E-state index >= 15 is 0 Å². The van der Waals surface area contributed by atoms with Crippen molar-refractivity contribution in [2.24, 2.45) is 0 Å². The van der Waals surface area contributed by atoms with E-state index in [1.54, 1.807) is 42.1 Å². The van der Waals surface area contributed by atoms with E-state index in [0.717, 1.165) is 9.80 Å². The average Bonchev–Trinajstić information content (AvgIpc) is 3.08. The number of imide groups is 1. The van der Waals surface area contributed by atoms with E-state index in [2.05, 4.69) is 4.98 Å². The lowest BCUT2D eigenvalue weighted by molar-refractivity contribution is 0.0640. The summed E-state index contributed by atoms with van der Waals surface area (Å²) in [5.41, 5.74) is 1.45. The van der Waals surface area contributed by atoms with Crippen LogP contribution in [-0.2, 0) is 16.6 Å². The maximum Gasteiger partial charge on any atom is 0.280 e. The number of carbonyl (C=O) groups is 2. The molecule has 0 unspecified atom stereocenters. The first-order valence-corrected chi connectivity index (χ1v) is 12.9. The molecule has 0 aliphatic carbocycles. The summed E-state index contributed by atoms with van der Waals surface area (Å²) in [5, 5.41) is 0.0599. The summed E-state index contributed by atoms with van der Waals surface area (Å²) in [5.74, 6) is -0.767. The third kappa shape index (κ3) is 3.63. The van der Waals surface area contributed by atoms with Crippen LogP contribution in [0.25, 0.3) is 0 Å². The Balaban J connectivity index is 1.53. The molecular formula is C24H21N3O5S2. The first kappa shape index (κ1) is 22.4. The fourth-order valence-electron chi connectivity index (χ4n) is 4.16. The second-order valence-electron chi connectivity index (χ2n) is 8.01. The van der Waals surface area contributed by atoms with Gasteiger partial charge in [0, 0.05) is 22.9 Å². The number of hydrogen-bond donors (Lipinski definition) is 0. The molecule has 10 heteroatoms. The molecule has 2 aliphatic rings. The highest BCUT2D eigenvalue weighted by atomic mass is 32.2. The number of hydrogen-bond acceptors (Lipinski definition) is 7. The van der Waals surface area contributed by atoms with Gasteiger partial charge in [0.2, 0.25) is 0 Å². The number of anilines is 1. The van der Waals surface area contributed by atoms with Gasteiger partial charge in [0.25, 0.3) is 21.8 Å². The average molecular weight is 496 g/mol. The molecule has 1 atom stereocenters. The number of benzene rings is 2. The van der Waals surface area contributed by atoms with Crippen molar-refractivity contribution in [1.29, 1.82) is 0 Å². The molecule has 2 aliphatic heterocycles. The molecule has 1 aromatic heterocycles. The fraction of sp³-hybridized carbons (Fsp3) is 0.208. The zero-order valence-corrected chi connectivity index (χ0v) is 20.1. The number of sulfonamides is 1. The Kier molecular flexibility index (Phi) is 5.57. The van der Waals surface area contributed by atoms with Crippen molar-refractivity contribution in [3.05, 3.63) is 77.6 Å². The Labute approximate surface area is 201 Å². The van der Waals surface area contributed by atoms with Crippen LogP contribution in [0, 0.1) is 0 Å². The van der Waals surface area contributed by atoms with Gasteiger partial charge >= 0.3 is 0 Å². The van der Waals surface area contributed by atoms with Crippen molar-refractivity contribution >= 4 is 39.3 Å². The van der Waals surface area contributed by atoms with Gasteiger partial charge in [-0.05, 0) is 42.0 Å². The SMILES string of the molecule is COc1ccc(CN2C(=O)c3cccnc3C2=O)cc1S(=O)(=O)N1C[C@@H](C)Sc2ccccc21. The maximum atomic E-state index is 13.9. The van der Waals surface area contributed by atoms with Crippen LogP contribution in [-0.4, -0.2) is 49.0 Å². The van der Waals surface area contributed by atoms with Crippen molar-refractivity contribution in [2.45, 2.75) is 28.5 Å². The summed E-state index contributed by atoms with van der Waals surface area (Å²) < 4.78 is 34.5. The number of carbonyl (C=O) groups excluding carboxylic acids is 2. The summed E-state index contributed by atoms with van der Waals surface area (Å²) >= 11 is 1.63. The Morgan fingerprint density at radius 3 is 2.65 bits per heavy atom. The van der Waals surface area contributed by atoms with E-state index < -0.39 is 21.8 Å². The smallest absolute Gasteiger partial charge is 0.280 e. The van der Waals surface area contributed by atoms with Crippen molar-refractivity contribution < 1.29 is 22.7 Å². The van der Waals surface area contributed by atoms with Crippen molar-refractivity contribution in [3.63, 3.8) is 0 Å². The molecule has 0 N–H and O–H groups in total. The monoisotopic (exact) mass is 495 g/mol. The molecule has 174 valence electrons. The summed E-state index contributed by atoms with van der Waals surface area (Å²) in [4.78, 5) is 31.4. The van der Waals surface area contributed by atoms with Crippen LogP contribution in [0.15, 0.2) is 70.6 Å². The quantitative estimate of drug-likeness (QED) is 0.499. The molecule has 0 fully saturated rings. The van der Waals surface area contributed by atoms with Gasteiger partial charge in [0.1, 0.15) is 16.3 Å². The van der Waals surface area contributed by atoms with Gasteiger partial charge in [-0.3, -0.25) is 23.8 Å². The molecule has 34 heavy (non-hydrogen) atoms. The third-order valence-electron chi connectivity index (χ3n) is 5.75. The fourth-order valence-corrected chi connectivity index (χ4v) is 7.20. The largest absolute Gasteiger partial charge is 0.495 e. The van der Waals surface area contributed by atoms with E-state index in [1.165, 1.54) is 23.7 Å². The zero-order valence-electron chi connectivity index (χ0n) is 18.5. The Morgan fingerprint density at radius 2 is 1.88 bits per heavy atom. The molecule has 2 amide bonds. The standard InChI is InChI=1S/C24H21N3O5S2/c1-15-13-27(18-7-3-4-8-20(18)33-15)34(30,31)21-12-16(9-10-19(21)32-2)14-26-23(28)17-6-5-11-25-22(17)24(26)29/h3-12,15H,13-14H2,1-2H3/t15-/m1/s1. The van der Waals surface area contributed by atoms with Gasteiger partial charge in [-0.15, -0.1) is 11.8 Å². The minimum atomic E-state index is -3.99. The van der Waals surface area contributed by atoms with Crippen LogP contribution in [0.4, 0.5) is 5.69 Å². The zero-order chi connectivity index (χ0) is 24.0. The minimum Gasteiger partial charge on any atom is -0.495 e. The number of thioether (sulfide) groups is 1. The number of aromatic nitrogens is 1. The number of amides is 2. The van der Waals surface area contributed by atoms with E-state index in [4.69, 9.17) is 4.74 Å². The van der Waals surface area contributed by atoms with Crippen LogP contribution in [0.3, 0.4) is 0 Å². The number of para-hydroxylation sites is 1. The van der Waals surface area contributed by atoms with Crippen molar-refractivity contribution in [1.82, 2.24) is 9.88 Å². The molecule has 0 bridgehead atoms. The minimum absolute atomic E-state index is 0.0175. The Hall–Kier alpha value is -3.37. The van der Waals surface area contributed by atoms with Gasteiger partial charge in [-0.1, -0.05) is 25.1 Å². The molecule has 0 saturated heterocycles. The lowest BCUT2D eigenvalue weighted by Crippen LogP contribution is -2.38. The van der Waals surface area contributed by atoms with Crippen LogP contribution in [0.2, 0.25) is 0 Å². The molecule has 5 rings (SSSR count). The number of fused-ring (bicyclic) bond motifs is 2. The Morgan fingerprint density at radius 1 is 1.09 bits per heavy atom. The van der Waals surface area contributed by atoms with Crippen molar-refractivity contribution in [2.75, 3.05) is 18.0 Å². The maximum absolute atomic E-state index is 13.9. The molecule has 0 spiro atoms. The molecular weight excluding hydrogens is 474 g/mol. The molecule has 8 nitrogen and oxygen atoms in total. The normalized spacial score (nSPS) is 17.5. The van der Waals surface area contributed by atoms with Crippen molar-refractivity contribution in [3.8, 4) is 5.75 Å². The summed E-state index contributed by atoms with van der Waals surface area (Å²) in [6.07, 6.45) is 1.46. The van der Waals surface area contributed by atoms with Gasteiger partial charge in [0.05, 0.1) is 24.9 Å². The molecule has 2 aromatic carbocycles. The highest BCUT2D eigenvalue weighted by molar-refractivity contribution is 8.00. The Bertz CT molecular complexity index is 1390. The highest BCUT2D eigenvalue weighted by Crippen LogP contribution is 2.42. The van der Waals surface area contributed by atoms with Crippen LogP contribution in [0.5, 0.6) is 5.75 Å². The second-order valence-corrected chi connectivity index (χ2v) is 11.3. The van der Waals surface area contributed by atoms with E-state index in [1.807, 2.05) is 25.1 Å². The number of ether oxygens (including phenoxy) is 1. The lowest BCUT2D eigenvalue weighted by atomic mass is 10.2. The molecule has 3 heterocycles. The highest BCUT2D eigenvalue weighted by Gasteiger charge is 2.38. The summed E-state index contributed by atoms with van der Waals surface area (Å²) in [7, 11) is -2.58. The molecule has 0 radical (unpaired) electrons. The summed E-state index contributed by atoms with van der Waals surface area (Å²) in [6, 6.07) is 15.2. The number of rotatable bonds is 5. The first-order valence-electron chi connectivity index (χ1n) is 10.6. The third-order valence-corrected chi connectivity index (χ3v) is 8.70. The number of nitrogens with zero attached hydrogens (tertiary/aromatic N) is 3. The number of methoxy groups -OCH3 is 1. The molecule has 0 saturated carbocycles. The van der Waals surface area contributed by atoms with E-state index in [-0.39, 0.29) is 33.7 Å². The first-order chi connectivity index (χ1) is 16.3. The van der Waals surface area contributed by atoms with Crippen LogP contribution in [0.1, 0.15) is 33.3 Å². The van der Waals surface area contributed by atoms with Crippen LogP contribution < -0.4 is 9.04 Å². The van der Waals surface area contributed by atoms with Gasteiger partial charge in [0.15, 0.2) is 0 Å². The molecule has 3 aromatic rings. The van der Waals surface area contributed by atoms with E-state index in [0.29, 0.717) is 17.8 Å².